The Hall–Kier alpha value is -0.730. The van der Waals surface area contributed by atoms with Gasteiger partial charge in [0.25, 0.3) is 0 Å². The lowest BCUT2D eigenvalue weighted by molar-refractivity contribution is 0.570. The van der Waals surface area contributed by atoms with E-state index in [1.807, 2.05) is 0 Å². The lowest BCUT2D eigenvalue weighted by Gasteiger charge is -2.27. The molecule has 1 aliphatic carbocycles. The molecule has 0 saturated heterocycles. The monoisotopic (exact) mass is 308 g/mol. The molecule has 1 atom stereocenters. The van der Waals surface area contributed by atoms with Gasteiger partial charge in [-0.2, -0.15) is 0 Å². The molecule has 1 aromatic rings. The zero-order chi connectivity index (χ0) is 15.4. The van der Waals surface area contributed by atoms with Crippen molar-refractivity contribution >= 4 is 17.3 Å². The number of halogens is 1. The van der Waals surface area contributed by atoms with Crippen molar-refractivity contribution in [3.63, 3.8) is 0 Å². The predicted octanol–water partition coefficient (Wildman–Crippen LogP) is 5.03. The van der Waals surface area contributed by atoms with Crippen molar-refractivity contribution in [3.05, 3.63) is 28.8 Å². The van der Waals surface area contributed by atoms with E-state index in [0.29, 0.717) is 12.1 Å². The van der Waals surface area contributed by atoms with Gasteiger partial charge in [0.1, 0.15) is 0 Å². The quantitative estimate of drug-likeness (QED) is 0.725. The Kier molecular flexibility index (Phi) is 5.95. The highest BCUT2D eigenvalue weighted by Gasteiger charge is 2.30. The van der Waals surface area contributed by atoms with E-state index in [9.17, 15) is 0 Å². The lowest BCUT2D eigenvalue weighted by atomic mass is 10.1. The standard InChI is InChI=1S/C18H29ClN2/c1-5-20-14(4)15-6-9-18(17(19)12-15)21(16-7-8-16)11-10-13(2)3/h6,9,12-14,16,20H,5,7-8,10-11H2,1-4H3. The fraction of sp³-hybridized carbons (Fsp3) is 0.667. The van der Waals surface area contributed by atoms with E-state index in [-0.39, 0.29) is 0 Å². The number of hydrogen-bond acceptors (Lipinski definition) is 2. The second-order valence-corrected chi connectivity index (χ2v) is 7.00. The molecule has 1 unspecified atom stereocenters. The Morgan fingerprint density at radius 2 is 2.00 bits per heavy atom. The van der Waals surface area contributed by atoms with Crippen LogP contribution < -0.4 is 10.2 Å². The Labute approximate surface area is 134 Å². The minimum absolute atomic E-state index is 0.353. The summed E-state index contributed by atoms with van der Waals surface area (Å²) in [5.74, 6) is 0.734. The molecule has 2 nitrogen and oxygen atoms in total. The topological polar surface area (TPSA) is 15.3 Å². The maximum atomic E-state index is 6.59. The molecule has 1 N–H and O–H groups in total. The van der Waals surface area contributed by atoms with E-state index in [4.69, 9.17) is 11.6 Å². The summed E-state index contributed by atoms with van der Waals surface area (Å²) in [4.78, 5) is 2.52. The van der Waals surface area contributed by atoms with Gasteiger partial charge in [0.15, 0.2) is 0 Å². The van der Waals surface area contributed by atoms with Crippen LogP contribution in [0.25, 0.3) is 0 Å². The normalized spacial score (nSPS) is 16.3. The molecule has 0 aliphatic heterocycles. The van der Waals surface area contributed by atoms with Gasteiger partial charge in [-0.15, -0.1) is 0 Å². The third-order valence-electron chi connectivity index (χ3n) is 4.23. The van der Waals surface area contributed by atoms with E-state index in [1.165, 1.54) is 30.5 Å². The molecule has 0 spiro atoms. The van der Waals surface area contributed by atoms with Crippen molar-refractivity contribution in [1.82, 2.24) is 5.32 Å². The highest BCUT2D eigenvalue weighted by Crippen LogP contribution is 2.37. The molecule has 1 aliphatic rings. The molecule has 1 saturated carbocycles. The van der Waals surface area contributed by atoms with Crippen molar-refractivity contribution in [2.45, 2.75) is 59.0 Å². The van der Waals surface area contributed by atoms with Crippen LogP contribution in [0.15, 0.2) is 18.2 Å². The largest absolute Gasteiger partial charge is 0.367 e. The summed E-state index contributed by atoms with van der Waals surface area (Å²) >= 11 is 6.59. The fourth-order valence-electron chi connectivity index (χ4n) is 2.73. The van der Waals surface area contributed by atoms with Gasteiger partial charge >= 0.3 is 0 Å². The molecule has 118 valence electrons. The third kappa shape index (κ3) is 4.62. The van der Waals surface area contributed by atoms with Crippen LogP contribution in [0.3, 0.4) is 0 Å². The zero-order valence-electron chi connectivity index (χ0n) is 13.8. The third-order valence-corrected chi connectivity index (χ3v) is 4.53. The van der Waals surface area contributed by atoms with Crippen LogP contribution in [0.2, 0.25) is 5.02 Å². The van der Waals surface area contributed by atoms with Gasteiger partial charge in [0.2, 0.25) is 0 Å². The van der Waals surface area contributed by atoms with Gasteiger partial charge < -0.3 is 10.2 Å². The number of hydrogen-bond donors (Lipinski definition) is 1. The minimum atomic E-state index is 0.353. The molecular weight excluding hydrogens is 280 g/mol. The summed E-state index contributed by atoms with van der Waals surface area (Å²) in [6.45, 7) is 11.0. The molecular formula is C18H29ClN2. The average molecular weight is 309 g/mol. The Bertz CT molecular complexity index is 455. The lowest BCUT2D eigenvalue weighted by Crippen LogP contribution is -2.28. The first-order valence-electron chi connectivity index (χ1n) is 8.32. The van der Waals surface area contributed by atoms with E-state index < -0.39 is 0 Å². The highest BCUT2D eigenvalue weighted by molar-refractivity contribution is 6.33. The summed E-state index contributed by atoms with van der Waals surface area (Å²) in [5.41, 5.74) is 2.48. The summed E-state index contributed by atoms with van der Waals surface area (Å²) in [6, 6.07) is 7.63. The summed E-state index contributed by atoms with van der Waals surface area (Å²) in [5, 5.41) is 4.34. The van der Waals surface area contributed by atoms with Crippen LogP contribution in [-0.2, 0) is 0 Å². The van der Waals surface area contributed by atoms with Crippen molar-refractivity contribution < 1.29 is 0 Å². The first-order valence-corrected chi connectivity index (χ1v) is 8.70. The molecule has 0 bridgehead atoms. The van der Waals surface area contributed by atoms with Gasteiger partial charge in [-0.25, -0.2) is 0 Å². The number of nitrogens with zero attached hydrogens (tertiary/aromatic N) is 1. The fourth-order valence-corrected chi connectivity index (χ4v) is 3.03. The maximum Gasteiger partial charge on any atom is 0.0642 e. The van der Waals surface area contributed by atoms with E-state index >= 15 is 0 Å². The number of benzene rings is 1. The Morgan fingerprint density at radius 1 is 1.29 bits per heavy atom. The number of anilines is 1. The van der Waals surface area contributed by atoms with Crippen molar-refractivity contribution in [1.29, 1.82) is 0 Å². The van der Waals surface area contributed by atoms with Crippen LogP contribution in [0.5, 0.6) is 0 Å². The first kappa shape index (κ1) is 16.6. The smallest absolute Gasteiger partial charge is 0.0642 e. The summed E-state index contributed by atoms with van der Waals surface area (Å²) in [6.07, 6.45) is 3.84. The summed E-state index contributed by atoms with van der Waals surface area (Å²) < 4.78 is 0. The van der Waals surface area contributed by atoms with Gasteiger partial charge in [-0.3, -0.25) is 0 Å². The van der Waals surface area contributed by atoms with Crippen LogP contribution in [0.1, 0.15) is 58.6 Å². The van der Waals surface area contributed by atoms with E-state index in [0.717, 1.165) is 24.0 Å². The molecule has 2 rings (SSSR count). The van der Waals surface area contributed by atoms with Crippen molar-refractivity contribution in [2.75, 3.05) is 18.0 Å². The molecule has 0 amide bonds. The SMILES string of the molecule is CCNC(C)c1ccc(N(CCC(C)C)C2CC2)c(Cl)c1. The van der Waals surface area contributed by atoms with E-state index in [2.05, 4.69) is 56.1 Å². The highest BCUT2D eigenvalue weighted by atomic mass is 35.5. The average Bonchev–Trinajstić information content (AvgIpc) is 3.25. The molecule has 0 aromatic heterocycles. The van der Waals surface area contributed by atoms with Crippen molar-refractivity contribution in [2.24, 2.45) is 5.92 Å². The van der Waals surface area contributed by atoms with Crippen LogP contribution in [0.4, 0.5) is 5.69 Å². The molecule has 3 heteroatoms. The Balaban J connectivity index is 2.13. The van der Waals surface area contributed by atoms with Crippen LogP contribution in [-0.4, -0.2) is 19.1 Å². The number of nitrogens with one attached hydrogen (secondary N) is 1. The van der Waals surface area contributed by atoms with Gasteiger partial charge in [0, 0.05) is 18.6 Å². The van der Waals surface area contributed by atoms with E-state index in [1.54, 1.807) is 0 Å². The number of rotatable bonds is 8. The van der Waals surface area contributed by atoms with Crippen LogP contribution in [0, 0.1) is 5.92 Å². The zero-order valence-corrected chi connectivity index (χ0v) is 14.6. The second kappa shape index (κ2) is 7.51. The maximum absolute atomic E-state index is 6.59. The second-order valence-electron chi connectivity index (χ2n) is 6.60. The first-order chi connectivity index (χ1) is 10.0. The molecule has 0 heterocycles. The predicted molar refractivity (Wildman–Crippen MR) is 93.4 cm³/mol. The molecule has 0 radical (unpaired) electrons. The molecule has 1 aromatic carbocycles. The van der Waals surface area contributed by atoms with Gasteiger partial charge in [-0.1, -0.05) is 38.4 Å². The molecule has 21 heavy (non-hydrogen) atoms. The van der Waals surface area contributed by atoms with Crippen molar-refractivity contribution in [3.8, 4) is 0 Å². The van der Waals surface area contributed by atoms with Crippen LogP contribution >= 0.6 is 11.6 Å². The summed E-state index contributed by atoms with van der Waals surface area (Å²) in [7, 11) is 0. The minimum Gasteiger partial charge on any atom is -0.367 e. The van der Waals surface area contributed by atoms with Gasteiger partial charge in [-0.05, 0) is 56.3 Å². The molecule has 1 fully saturated rings. The Morgan fingerprint density at radius 3 is 2.52 bits per heavy atom. The van der Waals surface area contributed by atoms with Gasteiger partial charge in [0.05, 0.1) is 10.7 Å².